The van der Waals surface area contributed by atoms with E-state index in [-0.39, 0.29) is 9.37 Å². The highest BCUT2D eigenvalue weighted by molar-refractivity contribution is 9.10. The first-order valence-corrected chi connectivity index (χ1v) is 9.01. The lowest BCUT2D eigenvalue weighted by Crippen LogP contribution is -2.13. The number of thiazole rings is 1. The molecule has 106 valence electrons. The van der Waals surface area contributed by atoms with Crippen LogP contribution in [0.4, 0.5) is 9.52 Å². The summed E-state index contributed by atoms with van der Waals surface area (Å²) in [6.07, 6.45) is 2.92. The molecule has 1 aliphatic carbocycles. The maximum Gasteiger partial charge on any atom is 0.264 e. The van der Waals surface area contributed by atoms with Crippen LogP contribution in [0.3, 0.4) is 0 Å². The largest absolute Gasteiger partial charge is 0.264 e. The van der Waals surface area contributed by atoms with Gasteiger partial charge >= 0.3 is 0 Å². The van der Waals surface area contributed by atoms with Gasteiger partial charge in [-0.25, -0.2) is 17.8 Å². The third kappa shape index (κ3) is 2.59. The van der Waals surface area contributed by atoms with Crippen molar-refractivity contribution >= 4 is 42.4 Å². The lowest BCUT2D eigenvalue weighted by Gasteiger charge is -2.07. The Morgan fingerprint density at radius 1 is 1.35 bits per heavy atom. The molecular weight excluding hydrogens is 367 g/mol. The van der Waals surface area contributed by atoms with Crippen LogP contribution >= 0.6 is 27.3 Å². The van der Waals surface area contributed by atoms with Crippen LogP contribution < -0.4 is 4.72 Å². The molecule has 0 aliphatic heterocycles. The molecule has 0 saturated carbocycles. The molecule has 1 heterocycles. The molecule has 4 nitrogen and oxygen atoms in total. The number of aryl methyl sites for hydroxylation is 2. The molecular formula is C12H10BrFN2O2S2. The molecule has 0 fully saturated rings. The number of anilines is 1. The highest BCUT2D eigenvalue weighted by atomic mass is 79.9. The fourth-order valence-corrected chi connectivity index (χ4v) is 5.43. The number of nitrogens with zero attached hydrogens (tertiary/aromatic N) is 1. The van der Waals surface area contributed by atoms with Gasteiger partial charge in [0.05, 0.1) is 5.69 Å². The van der Waals surface area contributed by atoms with Gasteiger partial charge in [0, 0.05) is 9.35 Å². The molecule has 0 atom stereocenters. The summed E-state index contributed by atoms with van der Waals surface area (Å²) in [4.78, 5) is 5.42. The maximum absolute atomic E-state index is 13.0. The zero-order chi connectivity index (χ0) is 14.3. The topological polar surface area (TPSA) is 59.1 Å². The number of hydrogen-bond acceptors (Lipinski definition) is 4. The standard InChI is InChI=1S/C12H10BrFN2O2S2/c13-8-6-7(14)4-5-11(8)20(17,18)16-12-15-9-2-1-3-10(9)19-12/h4-6H,1-3H2,(H,15,16). The first-order valence-electron chi connectivity index (χ1n) is 5.92. The summed E-state index contributed by atoms with van der Waals surface area (Å²) in [5.74, 6) is -0.496. The van der Waals surface area contributed by atoms with Crippen LogP contribution in [0.25, 0.3) is 0 Å². The van der Waals surface area contributed by atoms with E-state index in [0.29, 0.717) is 5.13 Å². The van der Waals surface area contributed by atoms with Gasteiger partial charge in [0.25, 0.3) is 10.0 Å². The minimum Gasteiger partial charge on any atom is -0.255 e. The minimum absolute atomic E-state index is 0.00532. The molecule has 0 unspecified atom stereocenters. The Balaban J connectivity index is 1.91. The fourth-order valence-electron chi connectivity index (χ4n) is 2.10. The van der Waals surface area contributed by atoms with Crippen LogP contribution in [0.15, 0.2) is 27.6 Å². The minimum atomic E-state index is -3.76. The van der Waals surface area contributed by atoms with Crippen molar-refractivity contribution in [2.24, 2.45) is 0 Å². The number of sulfonamides is 1. The lowest BCUT2D eigenvalue weighted by molar-refractivity contribution is 0.599. The first-order chi connectivity index (χ1) is 9.45. The number of fused-ring (bicyclic) bond motifs is 1. The molecule has 8 heteroatoms. The Hall–Kier alpha value is -0.990. The molecule has 1 N–H and O–H groups in total. The van der Waals surface area contributed by atoms with E-state index in [4.69, 9.17) is 0 Å². The van der Waals surface area contributed by atoms with E-state index in [9.17, 15) is 12.8 Å². The van der Waals surface area contributed by atoms with Gasteiger partial charge in [-0.2, -0.15) is 0 Å². The summed E-state index contributed by atoms with van der Waals surface area (Å²) in [7, 11) is -3.76. The normalized spacial score (nSPS) is 14.3. The number of halogens is 2. The van der Waals surface area contributed by atoms with Crippen LogP contribution in [0, 0.1) is 5.82 Å². The SMILES string of the molecule is O=S(=O)(Nc1nc2c(s1)CCC2)c1ccc(F)cc1Br. The average molecular weight is 377 g/mol. The van der Waals surface area contributed by atoms with Crippen molar-refractivity contribution in [3.63, 3.8) is 0 Å². The maximum atomic E-state index is 13.0. The monoisotopic (exact) mass is 376 g/mol. The Morgan fingerprint density at radius 2 is 2.15 bits per heavy atom. The number of benzene rings is 1. The second kappa shape index (κ2) is 5.09. The Kier molecular flexibility index (Phi) is 3.55. The second-order valence-corrected chi connectivity index (χ2v) is 8.01. The van der Waals surface area contributed by atoms with Crippen molar-refractivity contribution in [3.05, 3.63) is 39.1 Å². The summed E-state index contributed by atoms with van der Waals surface area (Å²) in [6, 6.07) is 3.46. The van der Waals surface area contributed by atoms with Gasteiger partial charge in [-0.3, -0.25) is 4.72 Å². The van der Waals surface area contributed by atoms with E-state index in [1.807, 2.05) is 0 Å². The van der Waals surface area contributed by atoms with Crippen molar-refractivity contribution in [2.45, 2.75) is 24.2 Å². The highest BCUT2D eigenvalue weighted by Gasteiger charge is 2.22. The predicted molar refractivity (Wildman–Crippen MR) is 79.0 cm³/mol. The molecule has 20 heavy (non-hydrogen) atoms. The lowest BCUT2D eigenvalue weighted by atomic mass is 10.3. The Labute approximate surface area is 128 Å². The molecule has 1 aliphatic rings. The van der Waals surface area contributed by atoms with E-state index in [1.165, 1.54) is 17.4 Å². The van der Waals surface area contributed by atoms with Crippen LogP contribution in [0.1, 0.15) is 17.0 Å². The molecule has 0 radical (unpaired) electrons. The van der Waals surface area contributed by atoms with Gasteiger partial charge in [0.2, 0.25) is 0 Å². The van der Waals surface area contributed by atoms with Gasteiger partial charge in [-0.05, 0) is 53.4 Å². The van der Waals surface area contributed by atoms with Crippen molar-refractivity contribution in [3.8, 4) is 0 Å². The highest BCUT2D eigenvalue weighted by Crippen LogP contribution is 2.32. The summed E-state index contributed by atoms with van der Waals surface area (Å²) < 4.78 is 40.2. The zero-order valence-corrected chi connectivity index (χ0v) is 13.4. The summed E-state index contributed by atoms with van der Waals surface area (Å²) in [6.45, 7) is 0. The fraction of sp³-hybridized carbons (Fsp3) is 0.250. The van der Waals surface area contributed by atoms with Crippen molar-refractivity contribution in [2.75, 3.05) is 4.72 Å². The third-order valence-electron chi connectivity index (χ3n) is 3.00. The van der Waals surface area contributed by atoms with Gasteiger partial charge in [0.15, 0.2) is 5.13 Å². The predicted octanol–water partition coefficient (Wildman–Crippen LogP) is 3.33. The van der Waals surface area contributed by atoms with E-state index >= 15 is 0 Å². The first kappa shape index (κ1) is 14.0. The summed E-state index contributed by atoms with van der Waals surface area (Å²) in [5, 5.41) is 0.367. The Bertz CT molecular complexity index is 752. The van der Waals surface area contributed by atoms with Gasteiger partial charge in [0.1, 0.15) is 10.7 Å². The number of hydrogen-bond donors (Lipinski definition) is 1. The second-order valence-electron chi connectivity index (χ2n) is 4.42. The van der Waals surface area contributed by atoms with Crippen LogP contribution in [0.2, 0.25) is 0 Å². The van der Waals surface area contributed by atoms with Crippen LogP contribution in [-0.2, 0) is 22.9 Å². The molecule has 0 saturated heterocycles. The average Bonchev–Trinajstić information content (AvgIpc) is 2.87. The van der Waals surface area contributed by atoms with Crippen molar-refractivity contribution in [1.82, 2.24) is 4.98 Å². The number of rotatable bonds is 3. The van der Waals surface area contributed by atoms with E-state index in [1.54, 1.807) is 0 Å². The molecule has 0 bridgehead atoms. The summed E-state index contributed by atoms with van der Waals surface area (Å²) >= 11 is 4.43. The molecule has 3 rings (SSSR count). The smallest absolute Gasteiger partial charge is 0.255 e. The van der Waals surface area contributed by atoms with E-state index < -0.39 is 15.8 Å². The van der Waals surface area contributed by atoms with Crippen molar-refractivity contribution in [1.29, 1.82) is 0 Å². The molecule has 2 aromatic rings. The van der Waals surface area contributed by atoms with Crippen molar-refractivity contribution < 1.29 is 12.8 Å². The molecule has 0 amide bonds. The Morgan fingerprint density at radius 3 is 2.85 bits per heavy atom. The third-order valence-corrected chi connectivity index (χ3v) is 6.52. The molecule has 1 aromatic carbocycles. The van der Waals surface area contributed by atoms with Gasteiger partial charge in [-0.1, -0.05) is 0 Å². The quantitative estimate of drug-likeness (QED) is 0.893. The number of aromatic nitrogens is 1. The molecule has 0 spiro atoms. The zero-order valence-electron chi connectivity index (χ0n) is 10.2. The van der Waals surface area contributed by atoms with E-state index in [2.05, 4.69) is 25.6 Å². The number of nitrogens with one attached hydrogen (secondary N) is 1. The van der Waals surface area contributed by atoms with Crippen LogP contribution in [-0.4, -0.2) is 13.4 Å². The van der Waals surface area contributed by atoms with E-state index in [0.717, 1.165) is 42.0 Å². The van der Waals surface area contributed by atoms with Gasteiger partial charge in [-0.15, -0.1) is 11.3 Å². The molecule has 1 aromatic heterocycles. The van der Waals surface area contributed by atoms with Crippen LogP contribution in [0.5, 0.6) is 0 Å². The van der Waals surface area contributed by atoms with Gasteiger partial charge < -0.3 is 0 Å². The summed E-state index contributed by atoms with van der Waals surface area (Å²) in [5.41, 5.74) is 0.978.